The number of rotatable bonds is 1. The molecule has 2 fully saturated rings. The number of hydrogen-bond acceptors (Lipinski definition) is 7. The van der Waals surface area contributed by atoms with Gasteiger partial charge in [-0.05, 0) is 35.5 Å². The Morgan fingerprint density at radius 1 is 1.21 bits per heavy atom. The van der Waals surface area contributed by atoms with Gasteiger partial charge in [0, 0.05) is 18.2 Å². The number of amides is 2. The van der Waals surface area contributed by atoms with E-state index in [2.05, 4.69) is 20.1 Å². The molecule has 24 heavy (non-hydrogen) atoms. The lowest BCUT2D eigenvalue weighted by molar-refractivity contribution is -0.286. The summed E-state index contributed by atoms with van der Waals surface area (Å²) in [6.45, 7) is 1.21. The van der Waals surface area contributed by atoms with Crippen molar-refractivity contribution < 1.29 is 27.8 Å². The summed E-state index contributed by atoms with van der Waals surface area (Å²) in [5, 5.41) is 4.81. The fraction of sp³-hybridized carbons (Fsp3) is 0.286. The summed E-state index contributed by atoms with van der Waals surface area (Å²) in [5.41, 5.74) is 0.451. The molecule has 0 atom stereocenters. The van der Waals surface area contributed by atoms with Gasteiger partial charge in [0.1, 0.15) is 0 Å². The van der Waals surface area contributed by atoms with Crippen molar-refractivity contribution in [1.29, 1.82) is 0 Å². The van der Waals surface area contributed by atoms with Crippen LogP contribution in [0.15, 0.2) is 23.1 Å². The molecule has 128 valence electrons. The number of halogens is 2. The summed E-state index contributed by atoms with van der Waals surface area (Å²) >= 11 is 2.71. The topological polar surface area (TPSA) is 76.7 Å². The summed E-state index contributed by atoms with van der Waals surface area (Å²) in [4.78, 5) is 22.5. The van der Waals surface area contributed by atoms with Gasteiger partial charge in [0.2, 0.25) is 0 Å². The lowest BCUT2D eigenvalue weighted by Crippen LogP contribution is -2.25. The van der Waals surface area contributed by atoms with Gasteiger partial charge < -0.3 is 14.8 Å². The number of imide groups is 1. The van der Waals surface area contributed by atoms with Gasteiger partial charge in [-0.25, -0.2) is 0 Å². The first-order valence-electron chi connectivity index (χ1n) is 6.86. The van der Waals surface area contributed by atoms with E-state index in [0.29, 0.717) is 5.56 Å². The van der Waals surface area contributed by atoms with E-state index in [-0.39, 0.29) is 16.4 Å². The van der Waals surface area contributed by atoms with E-state index in [0.717, 1.165) is 11.8 Å². The van der Waals surface area contributed by atoms with E-state index in [9.17, 15) is 18.4 Å². The molecule has 0 bridgehead atoms. The zero-order chi connectivity index (χ0) is 17.2. The highest BCUT2D eigenvalue weighted by Crippen LogP contribution is 2.41. The number of carbonyl (C=O) groups excluding carboxylic acids is 2. The van der Waals surface area contributed by atoms with Gasteiger partial charge in [-0.15, -0.1) is 20.5 Å². The minimum atomic E-state index is -3.68. The maximum Gasteiger partial charge on any atom is 0.586 e. The van der Waals surface area contributed by atoms with E-state index in [4.69, 9.17) is 0 Å². The first-order valence-corrected chi connectivity index (χ1v) is 8.83. The number of nitrogens with one attached hydrogen (secondary N) is 2. The standard InChI is InChI=1S/C11H5F2NO4S.C3H7NS/c12-11(13)17-6-2-1-5(3-7(6)18-11)4-8-9(15)14-10(16)19-8;1-2-5-3-4-1/h1-4H,(H,14,15,16);4H,1-3H2. The number of hydrogen-bond donors (Lipinski definition) is 2. The van der Waals surface area contributed by atoms with Crippen LogP contribution in [0.1, 0.15) is 5.56 Å². The van der Waals surface area contributed by atoms with Gasteiger partial charge in [-0.2, -0.15) is 0 Å². The minimum absolute atomic E-state index is 0.0771. The van der Waals surface area contributed by atoms with Gasteiger partial charge >= 0.3 is 6.29 Å². The molecule has 0 aliphatic carbocycles. The van der Waals surface area contributed by atoms with Crippen molar-refractivity contribution >= 4 is 40.7 Å². The maximum absolute atomic E-state index is 12.8. The third-order valence-electron chi connectivity index (χ3n) is 2.99. The summed E-state index contributed by atoms with van der Waals surface area (Å²) < 4.78 is 34.2. The Labute approximate surface area is 144 Å². The van der Waals surface area contributed by atoms with Gasteiger partial charge in [-0.1, -0.05) is 6.07 Å². The quantitative estimate of drug-likeness (QED) is 0.732. The number of thioether (sulfide) groups is 2. The number of fused-ring (bicyclic) bond motifs is 1. The van der Waals surface area contributed by atoms with Crippen molar-refractivity contribution in [2.24, 2.45) is 0 Å². The summed E-state index contributed by atoms with van der Waals surface area (Å²) in [6, 6.07) is 4.09. The zero-order valence-electron chi connectivity index (χ0n) is 12.1. The number of benzene rings is 1. The first-order chi connectivity index (χ1) is 11.4. The molecule has 0 spiro atoms. The molecule has 6 nitrogen and oxygen atoms in total. The highest BCUT2D eigenvalue weighted by Gasteiger charge is 2.43. The van der Waals surface area contributed by atoms with E-state index >= 15 is 0 Å². The highest BCUT2D eigenvalue weighted by atomic mass is 32.2. The van der Waals surface area contributed by atoms with Crippen molar-refractivity contribution in [1.82, 2.24) is 10.6 Å². The van der Waals surface area contributed by atoms with Gasteiger partial charge in [0.25, 0.3) is 11.1 Å². The highest BCUT2D eigenvalue weighted by molar-refractivity contribution is 8.18. The van der Waals surface area contributed by atoms with E-state index in [1.54, 1.807) is 0 Å². The van der Waals surface area contributed by atoms with Gasteiger partial charge in [0.15, 0.2) is 11.5 Å². The van der Waals surface area contributed by atoms with Crippen LogP contribution in [0.5, 0.6) is 11.5 Å². The van der Waals surface area contributed by atoms with Crippen molar-refractivity contribution in [3.8, 4) is 11.5 Å². The van der Waals surface area contributed by atoms with Crippen LogP contribution in [0.3, 0.4) is 0 Å². The van der Waals surface area contributed by atoms with Crippen molar-refractivity contribution in [2.75, 3.05) is 18.2 Å². The molecule has 0 saturated carbocycles. The smallest absolute Gasteiger partial charge is 0.395 e. The normalized spacial score (nSPS) is 22.3. The van der Waals surface area contributed by atoms with Crippen LogP contribution >= 0.6 is 23.5 Å². The largest absolute Gasteiger partial charge is 0.586 e. The Hall–Kier alpha value is -1.78. The Balaban J connectivity index is 0.000000290. The molecule has 0 aromatic heterocycles. The molecule has 2 saturated heterocycles. The van der Waals surface area contributed by atoms with Gasteiger partial charge in [0.05, 0.1) is 4.91 Å². The predicted molar refractivity (Wildman–Crippen MR) is 87.1 cm³/mol. The average molecular weight is 374 g/mol. The second-order valence-corrected chi connectivity index (χ2v) is 6.90. The van der Waals surface area contributed by atoms with Gasteiger partial charge in [-0.3, -0.25) is 14.9 Å². The molecular formula is C14H12F2N2O4S2. The maximum atomic E-state index is 12.8. The van der Waals surface area contributed by atoms with Crippen LogP contribution in [-0.4, -0.2) is 35.6 Å². The molecular weight excluding hydrogens is 362 g/mol. The van der Waals surface area contributed by atoms with Crippen LogP contribution in [0, 0.1) is 0 Å². The van der Waals surface area contributed by atoms with Crippen LogP contribution < -0.4 is 20.1 Å². The number of ether oxygens (including phenoxy) is 2. The molecule has 0 radical (unpaired) electrons. The van der Waals surface area contributed by atoms with Crippen LogP contribution in [-0.2, 0) is 4.79 Å². The molecule has 0 unspecified atom stereocenters. The molecule has 4 rings (SSSR count). The molecule has 3 heterocycles. The number of carbonyl (C=O) groups is 2. The van der Waals surface area contributed by atoms with Crippen molar-refractivity contribution in [2.45, 2.75) is 6.29 Å². The van der Waals surface area contributed by atoms with E-state index < -0.39 is 17.4 Å². The zero-order valence-corrected chi connectivity index (χ0v) is 13.8. The SMILES string of the molecule is C1CSCN1.O=C1NC(=O)C(=Cc2ccc3c(c2)OC(F)(F)O3)S1. The van der Waals surface area contributed by atoms with Crippen LogP contribution in [0.2, 0.25) is 0 Å². The monoisotopic (exact) mass is 374 g/mol. The second kappa shape index (κ2) is 6.99. The Kier molecular flexibility index (Phi) is 4.97. The van der Waals surface area contributed by atoms with E-state index in [1.807, 2.05) is 11.8 Å². The molecule has 3 aliphatic rings. The third-order valence-corrected chi connectivity index (χ3v) is 4.70. The van der Waals surface area contributed by atoms with E-state index in [1.165, 1.54) is 42.4 Å². The Morgan fingerprint density at radius 2 is 2.00 bits per heavy atom. The Bertz CT molecular complexity index is 700. The molecule has 1 aromatic rings. The molecule has 2 amide bonds. The Morgan fingerprint density at radius 3 is 2.58 bits per heavy atom. The van der Waals surface area contributed by atoms with Crippen LogP contribution in [0.25, 0.3) is 6.08 Å². The van der Waals surface area contributed by atoms with Crippen LogP contribution in [0.4, 0.5) is 13.6 Å². The molecule has 10 heteroatoms. The third kappa shape index (κ3) is 4.19. The molecule has 3 aliphatic heterocycles. The average Bonchev–Trinajstić information content (AvgIpc) is 3.20. The first kappa shape index (κ1) is 17.1. The van der Waals surface area contributed by atoms with Crippen molar-refractivity contribution in [3.63, 3.8) is 0 Å². The predicted octanol–water partition coefficient (Wildman–Crippen LogP) is 2.61. The second-order valence-electron chi connectivity index (χ2n) is 4.78. The lowest BCUT2D eigenvalue weighted by atomic mass is 10.2. The molecule has 1 aromatic carbocycles. The number of alkyl halides is 2. The summed E-state index contributed by atoms with van der Waals surface area (Å²) in [7, 11) is 0. The fourth-order valence-electron chi connectivity index (χ4n) is 1.99. The minimum Gasteiger partial charge on any atom is -0.395 e. The lowest BCUT2D eigenvalue weighted by Gasteiger charge is -2.04. The summed E-state index contributed by atoms with van der Waals surface area (Å²) in [5.74, 6) is 1.76. The molecule has 2 N–H and O–H groups in total. The van der Waals surface area contributed by atoms with Crippen molar-refractivity contribution in [3.05, 3.63) is 28.7 Å². The summed E-state index contributed by atoms with van der Waals surface area (Å²) in [6.07, 6.45) is -2.27. The fourth-order valence-corrected chi connectivity index (χ4v) is 3.39.